The fraction of sp³-hybridized carbons (Fsp3) is 0.350. The zero-order valence-electron chi connectivity index (χ0n) is 15.3. The lowest BCUT2D eigenvalue weighted by atomic mass is 9.90. The predicted molar refractivity (Wildman–Crippen MR) is 110 cm³/mol. The Balaban J connectivity index is 1.71. The Morgan fingerprint density at radius 2 is 1.82 bits per heavy atom. The topological polar surface area (TPSA) is 94.6 Å². The minimum absolute atomic E-state index is 0.0312. The number of aromatic nitrogens is 1. The number of rotatable bonds is 5. The van der Waals surface area contributed by atoms with Crippen molar-refractivity contribution in [3.63, 3.8) is 0 Å². The number of carbonyl (C=O) groups is 2. The summed E-state index contributed by atoms with van der Waals surface area (Å²) in [6, 6.07) is 13.1. The van der Waals surface area contributed by atoms with Gasteiger partial charge in [0.2, 0.25) is 0 Å². The van der Waals surface area contributed by atoms with Crippen molar-refractivity contribution >= 4 is 33.9 Å². The number of anilines is 1. The zero-order chi connectivity index (χ0) is 19.9. The minimum Gasteiger partial charge on any atom is -0.465 e. The quantitative estimate of drug-likeness (QED) is 0.642. The first-order valence-corrected chi connectivity index (χ1v) is 10.0. The summed E-state index contributed by atoms with van der Waals surface area (Å²) in [7, 11) is 0. The number of pyridine rings is 1. The molecule has 0 saturated heterocycles. The summed E-state index contributed by atoms with van der Waals surface area (Å²) in [5.41, 5.74) is 1.02. The van der Waals surface area contributed by atoms with Crippen molar-refractivity contribution in [2.45, 2.75) is 44.3 Å². The lowest BCUT2D eigenvalue weighted by Crippen LogP contribution is -2.50. The van der Waals surface area contributed by atoms with Gasteiger partial charge in [0.15, 0.2) is 0 Å². The summed E-state index contributed by atoms with van der Waals surface area (Å²) < 4.78 is 0.843. The van der Waals surface area contributed by atoms with Gasteiger partial charge in [0.1, 0.15) is 5.82 Å². The molecule has 1 heterocycles. The molecule has 8 heteroatoms. The molecule has 1 aromatic carbocycles. The molecular weight excluding hydrogens is 424 g/mol. The molecule has 0 radical (unpaired) electrons. The van der Waals surface area contributed by atoms with E-state index in [0.29, 0.717) is 38.0 Å². The molecule has 0 unspecified atom stereocenters. The van der Waals surface area contributed by atoms with Crippen molar-refractivity contribution in [2.75, 3.05) is 4.90 Å². The summed E-state index contributed by atoms with van der Waals surface area (Å²) in [5.74, 6) is 0.586. The largest absolute Gasteiger partial charge is 0.465 e. The van der Waals surface area contributed by atoms with Crippen LogP contribution in [-0.2, 0) is 6.54 Å². The van der Waals surface area contributed by atoms with Gasteiger partial charge >= 0.3 is 12.1 Å². The molecule has 0 atom stereocenters. The van der Waals surface area contributed by atoms with Gasteiger partial charge in [0, 0.05) is 29.3 Å². The first kappa shape index (κ1) is 20.1. The summed E-state index contributed by atoms with van der Waals surface area (Å²) in [5, 5.41) is 14.4. The molecule has 1 fully saturated rings. The summed E-state index contributed by atoms with van der Waals surface area (Å²) in [4.78, 5) is 30.0. The molecule has 0 bridgehead atoms. The van der Waals surface area contributed by atoms with Gasteiger partial charge < -0.3 is 15.7 Å². The van der Waals surface area contributed by atoms with Crippen LogP contribution in [0.1, 0.15) is 31.2 Å². The van der Waals surface area contributed by atoms with Crippen LogP contribution < -0.4 is 15.5 Å². The third-order valence-electron chi connectivity index (χ3n) is 4.85. The van der Waals surface area contributed by atoms with E-state index in [1.165, 1.54) is 0 Å². The maximum atomic E-state index is 13.0. The maximum Gasteiger partial charge on any atom is 0.404 e. The lowest BCUT2D eigenvalue weighted by molar-refractivity contribution is 0.184. The molecule has 3 amide bonds. The Morgan fingerprint density at radius 1 is 1.11 bits per heavy atom. The molecule has 1 saturated carbocycles. The molecule has 1 aromatic heterocycles. The van der Waals surface area contributed by atoms with E-state index in [4.69, 9.17) is 5.11 Å². The van der Waals surface area contributed by atoms with Gasteiger partial charge in [-0.15, -0.1) is 0 Å². The van der Waals surface area contributed by atoms with Gasteiger partial charge in [-0.2, -0.15) is 0 Å². The highest BCUT2D eigenvalue weighted by Crippen LogP contribution is 2.27. The van der Waals surface area contributed by atoms with E-state index >= 15 is 0 Å². The van der Waals surface area contributed by atoms with Crippen molar-refractivity contribution in [1.29, 1.82) is 0 Å². The molecule has 7 nitrogen and oxygen atoms in total. The highest BCUT2D eigenvalue weighted by molar-refractivity contribution is 9.10. The van der Waals surface area contributed by atoms with Gasteiger partial charge in [0.05, 0.1) is 0 Å². The van der Waals surface area contributed by atoms with E-state index in [-0.39, 0.29) is 18.1 Å². The molecule has 3 N–H and O–H groups in total. The molecule has 3 rings (SSSR count). The van der Waals surface area contributed by atoms with Crippen molar-refractivity contribution in [1.82, 2.24) is 15.6 Å². The standard InChI is InChI=1S/C20H23BrN4O3/c21-15-6-11-18(22-13-15)25(17-9-7-16(8-10-17)24-20(27)28)19(26)23-12-14-4-2-1-3-5-14/h1-6,11,13,16-17,24H,7-10,12H2,(H,23,26)(H,27,28). The number of halogens is 1. The molecule has 28 heavy (non-hydrogen) atoms. The summed E-state index contributed by atoms with van der Waals surface area (Å²) in [6.07, 6.45) is 3.47. The van der Waals surface area contributed by atoms with Crippen LogP contribution in [0.5, 0.6) is 0 Å². The van der Waals surface area contributed by atoms with Crippen LogP contribution in [0.2, 0.25) is 0 Å². The van der Waals surface area contributed by atoms with E-state index in [2.05, 4.69) is 31.5 Å². The fourth-order valence-electron chi connectivity index (χ4n) is 3.48. The van der Waals surface area contributed by atoms with Crippen LogP contribution in [-0.4, -0.2) is 34.3 Å². The fourth-order valence-corrected chi connectivity index (χ4v) is 3.71. The van der Waals surface area contributed by atoms with Gasteiger partial charge in [-0.1, -0.05) is 30.3 Å². The van der Waals surface area contributed by atoms with E-state index in [9.17, 15) is 9.59 Å². The first-order chi connectivity index (χ1) is 13.5. The van der Waals surface area contributed by atoms with Crippen LogP contribution in [0, 0.1) is 0 Å². The Bertz CT molecular complexity index is 793. The second-order valence-electron chi connectivity index (χ2n) is 6.80. The van der Waals surface area contributed by atoms with Crippen molar-refractivity contribution < 1.29 is 14.7 Å². The zero-order valence-corrected chi connectivity index (χ0v) is 16.9. The van der Waals surface area contributed by atoms with Crippen LogP contribution in [0.3, 0.4) is 0 Å². The van der Waals surface area contributed by atoms with E-state index < -0.39 is 6.09 Å². The van der Waals surface area contributed by atoms with Crippen LogP contribution in [0.4, 0.5) is 15.4 Å². The molecular formula is C20H23BrN4O3. The average molecular weight is 447 g/mol. The number of hydrogen-bond acceptors (Lipinski definition) is 3. The smallest absolute Gasteiger partial charge is 0.404 e. The number of carbonyl (C=O) groups excluding carboxylic acids is 1. The van der Waals surface area contributed by atoms with Gasteiger partial charge in [-0.05, 0) is 59.3 Å². The monoisotopic (exact) mass is 446 g/mol. The second kappa shape index (κ2) is 9.54. The Kier molecular flexibility index (Phi) is 6.86. The van der Waals surface area contributed by atoms with E-state index in [0.717, 1.165) is 10.0 Å². The van der Waals surface area contributed by atoms with Crippen molar-refractivity contribution in [2.24, 2.45) is 0 Å². The lowest BCUT2D eigenvalue weighted by Gasteiger charge is -2.36. The molecule has 1 aliphatic carbocycles. The first-order valence-electron chi connectivity index (χ1n) is 9.25. The number of carboxylic acid groups (broad SMARTS) is 1. The highest BCUT2D eigenvalue weighted by atomic mass is 79.9. The van der Waals surface area contributed by atoms with Gasteiger partial charge in [0.25, 0.3) is 0 Å². The van der Waals surface area contributed by atoms with Crippen LogP contribution in [0.25, 0.3) is 0 Å². The van der Waals surface area contributed by atoms with E-state index in [1.807, 2.05) is 42.5 Å². The van der Waals surface area contributed by atoms with Crippen molar-refractivity contribution in [3.05, 3.63) is 58.7 Å². The maximum absolute atomic E-state index is 13.0. The number of nitrogens with one attached hydrogen (secondary N) is 2. The van der Waals surface area contributed by atoms with E-state index in [1.54, 1.807) is 11.1 Å². The molecule has 2 aromatic rings. The Hall–Kier alpha value is -2.61. The summed E-state index contributed by atoms with van der Waals surface area (Å²) in [6.45, 7) is 0.433. The summed E-state index contributed by atoms with van der Waals surface area (Å²) >= 11 is 3.37. The predicted octanol–water partition coefficient (Wildman–Crippen LogP) is 4.14. The molecule has 0 spiro atoms. The molecule has 0 aliphatic heterocycles. The number of urea groups is 1. The number of hydrogen-bond donors (Lipinski definition) is 3. The van der Waals surface area contributed by atoms with Gasteiger partial charge in [-0.3, -0.25) is 4.90 Å². The van der Waals surface area contributed by atoms with Crippen molar-refractivity contribution in [3.8, 4) is 0 Å². The number of amides is 3. The van der Waals surface area contributed by atoms with Crippen LogP contribution >= 0.6 is 15.9 Å². The number of benzene rings is 1. The Labute approximate surface area is 172 Å². The molecule has 148 valence electrons. The Morgan fingerprint density at radius 3 is 2.43 bits per heavy atom. The average Bonchev–Trinajstić information content (AvgIpc) is 2.70. The third-order valence-corrected chi connectivity index (χ3v) is 5.32. The van der Waals surface area contributed by atoms with Crippen LogP contribution in [0.15, 0.2) is 53.1 Å². The minimum atomic E-state index is -1.00. The normalized spacial score (nSPS) is 18.9. The highest BCUT2D eigenvalue weighted by Gasteiger charge is 2.31. The number of nitrogens with zero attached hydrogens (tertiary/aromatic N) is 2. The van der Waals surface area contributed by atoms with Gasteiger partial charge in [-0.25, -0.2) is 14.6 Å². The molecule has 1 aliphatic rings. The third kappa shape index (κ3) is 5.45. The second-order valence-corrected chi connectivity index (χ2v) is 7.72. The SMILES string of the molecule is O=C(O)NC1CCC(N(C(=O)NCc2ccccc2)c2ccc(Br)cn2)CC1.